The van der Waals surface area contributed by atoms with Crippen LogP contribution in [0.15, 0.2) is 36.4 Å². The van der Waals surface area contributed by atoms with E-state index in [9.17, 15) is 9.90 Å². The zero-order valence-electron chi connectivity index (χ0n) is 11.9. The molecule has 108 valence electrons. The number of carbonyl (C=O) groups is 1. The Kier molecular flexibility index (Phi) is 3.52. The fourth-order valence-electron chi connectivity index (χ4n) is 2.65. The Bertz CT molecular complexity index is 695. The first-order chi connectivity index (χ1) is 10.2. The normalized spacial score (nSPS) is 13.2. The number of anilines is 2. The summed E-state index contributed by atoms with van der Waals surface area (Å²) in [5, 5.41) is 16.2. The number of carbonyl (C=O) groups excluding carboxylic acids is 1. The van der Waals surface area contributed by atoms with Crippen LogP contribution in [-0.2, 0) is 6.42 Å². The summed E-state index contributed by atoms with van der Waals surface area (Å²) in [4.78, 5) is 12.4. The van der Waals surface area contributed by atoms with E-state index in [-0.39, 0.29) is 11.7 Å². The van der Waals surface area contributed by atoms with Crippen LogP contribution in [0.1, 0.15) is 27.9 Å². The Labute approximate surface area is 123 Å². The fourth-order valence-corrected chi connectivity index (χ4v) is 2.65. The molecular formula is C17H18N2O2. The minimum absolute atomic E-state index is 0.0350. The first-order valence-corrected chi connectivity index (χ1v) is 7.12. The van der Waals surface area contributed by atoms with E-state index in [4.69, 9.17) is 0 Å². The van der Waals surface area contributed by atoms with Gasteiger partial charge in [0.1, 0.15) is 5.75 Å². The van der Waals surface area contributed by atoms with Crippen molar-refractivity contribution in [2.45, 2.75) is 19.8 Å². The molecule has 2 aromatic rings. The van der Waals surface area contributed by atoms with Gasteiger partial charge in [0.2, 0.25) is 0 Å². The molecule has 1 amide bonds. The molecule has 21 heavy (non-hydrogen) atoms. The Morgan fingerprint density at radius 1 is 1.24 bits per heavy atom. The minimum Gasteiger partial charge on any atom is -0.507 e. The summed E-state index contributed by atoms with van der Waals surface area (Å²) in [6.45, 7) is 2.69. The molecule has 4 heteroatoms. The standard InChI is InChI=1S/C17H18N2O2/c1-11-5-2-8-13(16(11)20)17(21)19-14-9-3-6-12-7-4-10-18-15(12)14/h2-3,5-6,8-9,18,20H,4,7,10H2,1H3,(H,19,21). The number of hydrogen-bond acceptors (Lipinski definition) is 3. The predicted octanol–water partition coefficient (Wildman–Crippen LogP) is 3.31. The van der Waals surface area contributed by atoms with Gasteiger partial charge in [-0.25, -0.2) is 0 Å². The zero-order valence-corrected chi connectivity index (χ0v) is 11.9. The van der Waals surface area contributed by atoms with E-state index in [1.54, 1.807) is 25.1 Å². The molecule has 2 aromatic carbocycles. The van der Waals surface area contributed by atoms with Gasteiger partial charge >= 0.3 is 0 Å². The number of fused-ring (bicyclic) bond motifs is 1. The molecule has 0 saturated carbocycles. The Hall–Kier alpha value is -2.49. The third-order valence-corrected chi connectivity index (χ3v) is 3.81. The van der Waals surface area contributed by atoms with Crippen LogP contribution in [0.4, 0.5) is 11.4 Å². The van der Waals surface area contributed by atoms with Gasteiger partial charge in [0, 0.05) is 6.54 Å². The summed E-state index contributed by atoms with van der Waals surface area (Å²) in [7, 11) is 0. The van der Waals surface area contributed by atoms with Crippen LogP contribution in [0.2, 0.25) is 0 Å². The lowest BCUT2D eigenvalue weighted by atomic mass is 10.0. The molecule has 4 nitrogen and oxygen atoms in total. The fraction of sp³-hybridized carbons (Fsp3) is 0.235. The highest BCUT2D eigenvalue weighted by atomic mass is 16.3. The monoisotopic (exact) mass is 282 g/mol. The maximum Gasteiger partial charge on any atom is 0.259 e. The van der Waals surface area contributed by atoms with E-state index in [2.05, 4.69) is 16.7 Å². The van der Waals surface area contributed by atoms with Crippen molar-refractivity contribution >= 4 is 17.3 Å². The van der Waals surface area contributed by atoms with Crippen LogP contribution >= 0.6 is 0 Å². The van der Waals surface area contributed by atoms with Crippen LogP contribution in [-0.4, -0.2) is 17.6 Å². The first-order valence-electron chi connectivity index (χ1n) is 7.12. The van der Waals surface area contributed by atoms with Gasteiger partial charge in [0.15, 0.2) is 0 Å². The number of hydrogen-bond donors (Lipinski definition) is 3. The van der Waals surface area contributed by atoms with Crippen molar-refractivity contribution in [2.24, 2.45) is 0 Å². The Balaban J connectivity index is 1.90. The van der Waals surface area contributed by atoms with Crippen molar-refractivity contribution in [1.29, 1.82) is 0 Å². The van der Waals surface area contributed by atoms with Crippen molar-refractivity contribution in [3.8, 4) is 5.75 Å². The van der Waals surface area contributed by atoms with E-state index in [0.29, 0.717) is 11.1 Å². The number of nitrogens with one attached hydrogen (secondary N) is 2. The topological polar surface area (TPSA) is 61.4 Å². The molecule has 1 aliphatic heterocycles. The van der Waals surface area contributed by atoms with E-state index < -0.39 is 0 Å². The van der Waals surface area contributed by atoms with Gasteiger partial charge in [0.05, 0.1) is 16.9 Å². The molecule has 0 saturated heterocycles. The number of benzene rings is 2. The van der Waals surface area contributed by atoms with Crippen LogP contribution in [0.25, 0.3) is 0 Å². The van der Waals surface area contributed by atoms with Gasteiger partial charge in [-0.3, -0.25) is 4.79 Å². The maximum absolute atomic E-state index is 12.4. The van der Waals surface area contributed by atoms with Gasteiger partial charge in [-0.15, -0.1) is 0 Å². The molecule has 0 fully saturated rings. The molecule has 0 aromatic heterocycles. The molecule has 0 aliphatic carbocycles. The molecular weight excluding hydrogens is 264 g/mol. The summed E-state index contributed by atoms with van der Waals surface area (Å²) in [6.07, 6.45) is 2.12. The second kappa shape index (κ2) is 5.48. The maximum atomic E-state index is 12.4. The van der Waals surface area contributed by atoms with Gasteiger partial charge < -0.3 is 15.7 Å². The van der Waals surface area contributed by atoms with E-state index in [1.165, 1.54) is 5.56 Å². The summed E-state index contributed by atoms with van der Waals surface area (Å²) in [5.41, 5.74) is 3.95. The SMILES string of the molecule is Cc1cccc(C(=O)Nc2cccc3c2NCCC3)c1O. The van der Waals surface area contributed by atoms with Gasteiger partial charge in [-0.05, 0) is 43.0 Å². The van der Waals surface area contributed by atoms with E-state index in [1.807, 2.05) is 12.1 Å². The average molecular weight is 282 g/mol. The van der Waals surface area contributed by atoms with E-state index >= 15 is 0 Å². The number of para-hydroxylation sites is 2. The quantitative estimate of drug-likeness (QED) is 0.792. The zero-order chi connectivity index (χ0) is 14.8. The second-order valence-electron chi connectivity index (χ2n) is 5.30. The van der Waals surface area contributed by atoms with Crippen molar-refractivity contribution in [3.05, 3.63) is 53.1 Å². The molecule has 3 rings (SSSR count). The summed E-state index contributed by atoms with van der Waals surface area (Å²) >= 11 is 0. The number of phenolic OH excluding ortho intramolecular Hbond substituents is 1. The van der Waals surface area contributed by atoms with Crippen molar-refractivity contribution in [1.82, 2.24) is 0 Å². The van der Waals surface area contributed by atoms with Crippen molar-refractivity contribution in [2.75, 3.05) is 17.2 Å². The molecule has 0 unspecified atom stereocenters. The summed E-state index contributed by atoms with van der Waals surface area (Å²) < 4.78 is 0. The summed E-state index contributed by atoms with van der Waals surface area (Å²) in [6, 6.07) is 11.1. The van der Waals surface area contributed by atoms with Crippen LogP contribution in [0.5, 0.6) is 5.75 Å². The highest BCUT2D eigenvalue weighted by Gasteiger charge is 2.17. The number of amides is 1. The van der Waals surface area contributed by atoms with E-state index in [0.717, 1.165) is 30.8 Å². The lowest BCUT2D eigenvalue weighted by Gasteiger charge is -2.21. The first kappa shape index (κ1) is 13.5. The smallest absolute Gasteiger partial charge is 0.259 e. The van der Waals surface area contributed by atoms with Crippen LogP contribution in [0, 0.1) is 6.92 Å². The third-order valence-electron chi connectivity index (χ3n) is 3.81. The highest BCUT2D eigenvalue weighted by Crippen LogP contribution is 2.31. The van der Waals surface area contributed by atoms with Gasteiger partial charge in [0.25, 0.3) is 5.91 Å². The minimum atomic E-state index is -0.294. The molecule has 3 N–H and O–H groups in total. The van der Waals surface area contributed by atoms with Crippen LogP contribution < -0.4 is 10.6 Å². The van der Waals surface area contributed by atoms with Crippen LogP contribution in [0.3, 0.4) is 0 Å². The van der Waals surface area contributed by atoms with Crippen molar-refractivity contribution in [3.63, 3.8) is 0 Å². The Morgan fingerprint density at radius 3 is 2.90 bits per heavy atom. The number of aryl methyl sites for hydroxylation is 2. The molecule has 0 bridgehead atoms. The molecule has 0 atom stereocenters. The van der Waals surface area contributed by atoms with Gasteiger partial charge in [-0.2, -0.15) is 0 Å². The van der Waals surface area contributed by atoms with Crippen molar-refractivity contribution < 1.29 is 9.90 Å². The third kappa shape index (κ3) is 2.57. The highest BCUT2D eigenvalue weighted by molar-refractivity contribution is 6.08. The lowest BCUT2D eigenvalue weighted by Crippen LogP contribution is -2.17. The molecule has 1 heterocycles. The second-order valence-corrected chi connectivity index (χ2v) is 5.30. The number of rotatable bonds is 2. The summed E-state index contributed by atoms with van der Waals surface area (Å²) in [5.74, 6) is -0.260. The molecule has 0 radical (unpaired) electrons. The molecule has 1 aliphatic rings. The molecule has 0 spiro atoms. The Morgan fingerprint density at radius 2 is 2.05 bits per heavy atom. The number of phenols is 1. The largest absolute Gasteiger partial charge is 0.507 e. The predicted molar refractivity (Wildman–Crippen MR) is 84.0 cm³/mol. The lowest BCUT2D eigenvalue weighted by molar-refractivity contribution is 0.102. The van der Waals surface area contributed by atoms with Gasteiger partial charge in [-0.1, -0.05) is 24.3 Å². The average Bonchev–Trinajstić information content (AvgIpc) is 2.50. The number of aromatic hydroxyl groups is 1.